The van der Waals surface area contributed by atoms with Crippen LogP contribution in [0.25, 0.3) is 0 Å². The van der Waals surface area contributed by atoms with Gasteiger partial charge in [-0.25, -0.2) is 0 Å². The Bertz CT molecular complexity index is 152. The highest BCUT2D eigenvalue weighted by molar-refractivity contribution is 5.05. The molecule has 1 saturated carbocycles. The summed E-state index contributed by atoms with van der Waals surface area (Å²) in [7, 11) is 3.38. The number of ether oxygens (including phenoxy) is 2. The first-order chi connectivity index (χ1) is 5.64. The van der Waals surface area contributed by atoms with Crippen LogP contribution in [0.3, 0.4) is 0 Å². The third-order valence-corrected chi connectivity index (χ3v) is 2.22. The van der Waals surface area contributed by atoms with Gasteiger partial charge in [-0.05, 0) is 6.92 Å². The van der Waals surface area contributed by atoms with Gasteiger partial charge in [0.15, 0.2) is 0 Å². The lowest BCUT2D eigenvalue weighted by Crippen LogP contribution is -2.43. The van der Waals surface area contributed by atoms with E-state index in [9.17, 15) is 0 Å². The summed E-state index contributed by atoms with van der Waals surface area (Å²) in [5.41, 5.74) is 5.35. The maximum Gasteiger partial charge on any atom is 0.148 e. The van der Waals surface area contributed by atoms with E-state index in [4.69, 9.17) is 15.2 Å². The molecule has 0 spiro atoms. The van der Waals surface area contributed by atoms with Gasteiger partial charge in [0.1, 0.15) is 11.8 Å². The van der Waals surface area contributed by atoms with E-state index >= 15 is 0 Å². The Morgan fingerprint density at radius 1 is 1.67 bits per heavy atom. The second-order valence-corrected chi connectivity index (χ2v) is 3.38. The fraction of sp³-hybridized carbons (Fsp3) is 1.00. The summed E-state index contributed by atoms with van der Waals surface area (Å²) in [5.74, 6) is 0. The predicted octanol–water partition coefficient (Wildman–Crippen LogP) is -0.315. The summed E-state index contributed by atoms with van der Waals surface area (Å²) in [6, 6.07) is 0.148. The molecule has 3 atom stereocenters. The predicted molar refractivity (Wildman–Crippen MR) is 46.8 cm³/mol. The third kappa shape index (κ3) is 1.95. The van der Waals surface area contributed by atoms with Crippen molar-refractivity contribution < 1.29 is 9.47 Å². The Kier molecular flexibility index (Phi) is 3.06. The second-order valence-electron chi connectivity index (χ2n) is 3.38. The molecule has 4 nitrogen and oxygen atoms in total. The van der Waals surface area contributed by atoms with Crippen molar-refractivity contribution in [3.8, 4) is 0 Å². The molecule has 3 unspecified atom stereocenters. The van der Waals surface area contributed by atoms with Crippen LogP contribution >= 0.6 is 0 Å². The SMILES string of the molecule is COC1CC1(NCC(C)N)OC. The molecule has 1 aliphatic carbocycles. The van der Waals surface area contributed by atoms with Gasteiger partial charge < -0.3 is 15.2 Å². The fourth-order valence-electron chi connectivity index (χ4n) is 1.30. The minimum Gasteiger partial charge on any atom is -0.377 e. The van der Waals surface area contributed by atoms with Crippen molar-refractivity contribution in [1.29, 1.82) is 0 Å². The number of hydrogen-bond donors (Lipinski definition) is 2. The summed E-state index contributed by atoms with van der Waals surface area (Å²) in [5, 5.41) is 3.25. The first-order valence-electron chi connectivity index (χ1n) is 4.23. The molecule has 0 aromatic rings. The van der Waals surface area contributed by atoms with Gasteiger partial charge in [-0.1, -0.05) is 0 Å². The van der Waals surface area contributed by atoms with Crippen molar-refractivity contribution in [1.82, 2.24) is 5.32 Å². The Morgan fingerprint density at radius 3 is 2.67 bits per heavy atom. The van der Waals surface area contributed by atoms with E-state index in [0.717, 1.165) is 13.0 Å². The van der Waals surface area contributed by atoms with E-state index in [0.29, 0.717) is 0 Å². The highest BCUT2D eigenvalue weighted by Crippen LogP contribution is 2.38. The number of hydrogen-bond acceptors (Lipinski definition) is 4. The van der Waals surface area contributed by atoms with Gasteiger partial charge in [0.2, 0.25) is 0 Å². The van der Waals surface area contributed by atoms with E-state index in [1.54, 1.807) is 14.2 Å². The average Bonchev–Trinajstić information content (AvgIpc) is 2.76. The number of nitrogens with one attached hydrogen (secondary N) is 1. The summed E-state index contributed by atoms with van der Waals surface area (Å²) in [6.45, 7) is 2.72. The van der Waals surface area contributed by atoms with Gasteiger partial charge in [-0.3, -0.25) is 5.32 Å². The quantitative estimate of drug-likeness (QED) is 0.561. The van der Waals surface area contributed by atoms with Crippen LogP contribution in [0.4, 0.5) is 0 Å². The first-order valence-corrected chi connectivity index (χ1v) is 4.23. The van der Waals surface area contributed by atoms with E-state index < -0.39 is 0 Å². The Hall–Kier alpha value is -0.160. The van der Waals surface area contributed by atoms with Crippen LogP contribution in [0.2, 0.25) is 0 Å². The van der Waals surface area contributed by atoms with E-state index in [1.165, 1.54) is 0 Å². The molecular weight excluding hydrogens is 156 g/mol. The molecule has 3 N–H and O–H groups in total. The van der Waals surface area contributed by atoms with Crippen molar-refractivity contribution in [2.24, 2.45) is 5.73 Å². The van der Waals surface area contributed by atoms with Crippen molar-refractivity contribution in [3.05, 3.63) is 0 Å². The van der Waals surface area contributed by atoms with Crippen molar-refractivity contribution in [3.63, 3.8) is 0 Å². The number of nitrogens with two attached hydrogens (primary N) is 1. The molecule has 1 fully saturated rings. The van der Waals surface area contributed by atoms with Gasteiger partial charge in [-0.15, -0.1) is 0 Å². The van der Waals surface area contributed by atoms with Gasteiger partial charge >= 0.3 is 0 Å². The molecule has 12 heavy (non-hydrogen) atoms. The Labute approximate surface area is 73.4 Å². The molecule has 0 radical (unpaired) electrons. The lowest BCUT2D eigenvalue weighted by Gasteiger charge is -2.18. The lowest BCUT2D eigenvalue weighted by molar-refractivity contribution is -0.00234. The average molecular weight is 174 g/mol. The molecule has 4 heteroatoms. The molecule has 0 saturated heterocycles. The molecular formula is C8H18N2O2. The largest absolute Gasteiger partial charge is 0.377 e. The fourth-order valence-corrected chi connectivity index (χ4v) is 1.30. The van der Waals surface area contributed by atoms with Crippen LogP contribution in [0.5, 0.6) is 0 Å². The maximum absolute atomic E-state index is 5.61. The summed E-state index contributed by atoms with van der Waals surface area (Å²) >= 11 is 0. The molecule has 0 amide bonds. The van der Waals surface area contributed by atoms with Gasteiger partial charge in [0.05, 0.1) is 0 Å². The van der Waals surface area contributed by atoms with Crippen molar-refractivity contribution in [2.45, 2.75) is 31.2 Å². The smallest absolute Gasteiger partial charge is 0.148 e. The van der Waals surface area contributed by atoms with Crippen LogP contribution in [0.1, 0.15) is 13.3 Å². The lowest BCUT2D eigenvalue weighted by atomic mass is 10.3. The maximum atomic E-state index is 5.61. The zero-order valence-electron chi connectivity index (χ0n) is 7.96. The van der Waals surface area contributed by atoms with Crippen LogP contribution in [-0.4, -0.2) is 38.6 Å². The molecule has 0 aromatic heterocycles. The normalized spacial score (nSPS) is 36.5. The van der Waals surface area contributed by atoms with Crippen LogP contribution in [-0.2, 0) is 9.47 Å². The molecule has 72 valence electrons. The second kappa shape index (κ2) is 3.70. The standard InChI is InChI=1S/C8H18N2O2/c1-6(9)5-10-8(12-3)4-7(8)11-2/h6-7,10H,4-5,9H2,1-3H3. The van der Waals surface area contributed by atoms with Crippen LogP contribution in [0.15, 0.2) is 0 Å². The number of rotatable bonds is 5. The van der Waals surface area contributed by atoms with E-state index in [1.807, 2.05) is 6.92 Å². The summed E-state index contributed by atoms with van der Waals surface area (Å²) in [6.07, 6.45) is 1.09. The van der Waals surface area contributed by atoms with Gasteiger partial charge in [0.25, 0.3) is 0 Å². The molecule has 0 aliphatic heterocycles. The van der Waals surface area contributed by atoms with Gasteiger partial charge in [0, 0.05) is 33.2 Å². The molecule has 0 aromatic carbocycles. The van der Waals surface area contributed by atoms with E-state index in [-0.39, 0.29) is 17.9 Å². The minimum absolute atomic E-state index is 0.148. The Morgan fingerprint density at radius 2 is 2.33 bits per heavy atom. The minimum atomic E-state index is -0.262. The summed E-state index contributed by atoms with van der Waals surface area (Å²) < 4.78 is 10.5. The highest BCUT2D eigenvalue weighted by Gasteiger charge is 2.55. The zero-order chi connectivity index (χ0) is 9.19. The topological polar surface area (TPSA) is 56.5 Å². The monoisotopic (exact) mass is 174 g/mol. The van der Waals surface area contributed by atoms with Gasteiger partial charge in [-0.2, -0.15) is 0 Å². The van der Waals surface area contributed by atoms with E-state index in [2.05, 4.69) is 5.32 Å². The molecule has 1 aliphatic rings. The van der Waals surface area contributed by atoms with Crippen LogP contribution < -0.4 is 11.1 Å². The van der Waals surface area contributed by atoms with Crippen LogP contribution in [0, 0.1) is 0 Å². The summed E-state index contributed by atoms with van der Waals surface area (Å²) in [4.78, 5) is 0. The molecule has 0 heterocycles. The van der Waals surface area contributed by atoms with Crippen molar-refractivity contribution >= 4 is 0 Å². The van der Waals surface area contributed by atoms with Crippen molar-refractivity contribution in [2.75, 3.05) is 20.8 Å². The third-order valence-electron chi connectivity index (χ3n) is 2.22. The Balaban J connectivity index is 2.29. The zero-order valence-corrected chi connectivity index (χ0v) is 7.96. The first kappa shape index (κ1) is 9.92. The highest BCUT2D eigenvalue weighted by atomic mass is 16.6. The number of methoxy groups -OCH3 is 2. The molecule has 1 rings (SSSR count). The molecule has 0 bridgehead atoms.